The number of hydrogen-bond acceptors (Lipinski definition) is 6. The SMILES string of the molecule is COC(=O)c1cccc(N(CCNS(=O)(=O)c2c(C)n[nH]c2C)C(C)=O)c1. The summed E-state index contributed by atoms with van der Waals surface area (Å²) in [6, 6.07) is 6.37. The highest BCUT2D eigenvalue weighted by Crippen LogP contribution is 2.18. The average molecular weight is 394 g/mol. The van der Waals surface area contributed by atoms with Gasteiger partial charge in [-0.1, -0.05) is 6.07 Å². The first-order valence-electron chi connectivity index (χ1n) is 8.15. The summed E-state index contributed by atoms with van der Waals surface area (Å²) >= 11 is 0. The van der Waals surface area contributed by atoms with Gasteiger partial charge in [-0.05, 0) is 32.0 Å². The normalized spacial score (nSPS) is 11.3. The largest absolute Gasteiger partial charge is 0.465 e. The third-order valence-corrected chi connectivity index (χ3v) is 5.64. The van der Waals surface area contributed by atoms with Crippen LogP contribution in [0.3, 0.4) is 0 Å². The Bertz CT molecular complexity index is 932. The number of esters is 1. The number of anilines is 1. The van der Waals surface area contributed by atoms with Gasteiger partial charge in [-0.25, -0.2) is 17.9 Å². The standard InChI is InChI=1S/C17H22N4O5S/c1-11-16(12(2)20-19-11)27(24,25)18-8-9-21(13(3)22)15-7-5-6-14(10-15)17(23)26-4/h5-7,10,18H,8-9H2,1-4H3,(H,19,20). The molecule has 2 rings (SSSR count). The fraction of sp³-hybridized carbons (Fsp3) is 0.353. The summed E-state index contributed by atoms with van der Waals surface area (Å²) in [6.07, 6.45) is 0. The molecule has 0 bridgehead atoms. The second-order valence-corrected chi connectivity index (χ2v) is 7.58. The highest BCUT2D eigenvalue weighted by Gasteiger charge is 2.22. The number of hydrogen-bond donors (Lipinski definition) is 2. The lowest BCUT2D eigenvalue weighted by atomic mass is 10.2. The Kier molecular flexibility index (Phi) is 6.34. The third-order valence-electron chi connectivity index (χ3n) is 3.92. The highest BCUT2D eigenvalue weighted by atomic mass is 32.2. The van der Waals surface area contributed by atoms with E-state index in [1.807, 2.05) is 0 Å². The van der Waals surface area contributed by atoms with Crippen LogP contribution < -0.4 is 9.62 Å². The van der Waals surface area contributed by atoms with Gasteiger partial charge in [0.1, 0.15) is 4.90 Å². The number of methoxy groups -OCH3 is 1. The van der Waals surface area contributed by atoms with E-state index in [2.05, 4.69) is 19.7 Å². The molecule has 2 aromatic rings. The lowest BCUT2D eigenvalue weighted by Gasteiger charge is -2.22. The zero-order valence-corrected chi connectivity index (χ0v) is 16.4. The molecule has 0 spiro atoms. The van der Waals surface area contributed by atoms with Gasteiger partial charge in [-0.15, -0.1) is 0 Å². The zero-order valence-electron chi connectivity index (χ0n) is 15.6. The number of aromatic amines is 1. The fourth-order valence-electron chi connectivity index (χ4n) is 2.69. The van der Waals surface area contributed by atoms with Crippen LogP contribution >= 0.6 is 0 Å². The number of benzene rings is 1. The Balaban J connectivity index is 2.14. The van der Waals surface area contributed by atoms with Gasteiger partial charge < -0.3 is 9.64 Å². The minimum atomic E-state index is -3.76. The minimum absolute atomic E-state index is 0.00553. The van der Waals surface area contributed by atoms with Gasteiger partial charge in [0.05, 0.1) is 24.1 Å². The number of carbonyl (C=O) groups excluding carboxylic acids is 2. The molecule has 9 nitrogen and oxygen atoms in total. The molecule has 146 valence electrons. The Labute approximate surface area is 157 Å². The molecular weight excluding hydrogens is 372 g/mol. The monoisotopic (exact) mass is 394 g/mol. The number of carbonyl (C=O) groups is 2. The summed E-state index contributed by atoms with van der Waals surface area (Å²) in [4.78, 5) is 25.2. The van der Waals surface area contributed by atoms with Gasteiger partial charge in [0.25, 0.3) is 0 Å². The van der Waals surface area contributed by atoms with E-state index >= 15 is 0 Å². The second-order valence-electron chi connectivity index (χ2n) is 5.87. The van der Waals surface area contributed by atoms with E-state index in [-0.39, 0.29) is 23.9 Å². The molecule has 0 fully saturated rings. The van der Waals surface area contributed by atoms with Crippen molar-refractivity contribution in [2.24, 2.45) is 0 Å². The van der Waals surface area contributed by atoms with Gasteiger partial charge >= 0.3 is 5.97 Å². The quantitative estimate of drug-likeness (QED) is 0.679. The summed E-state index contributed by atoms with van der Waals surface area (Å²) in [7, 11) is -2.49. The molecule has 0 radical (unpaired) electrons. The smallest absolute Gasteiger partial charge is 0.337 e. The number of aromatic nitrogens is 2. The first-order chi connectivity index (χ1) is 12.7. The summed E-state index contributed by atoms with van der Waals surface area (Å²) in [6.45, 7) is 4.67. The molecule has 0 saturated heterocycles. The van der Waals surface area contributed by atoms with Gasteiger partial charge in [-0.3, -0.25) is 9.89 Å². The van der Waals surface area contributed by atoms with Crippen LogP contribution in [0.4, 0.5) is 5.69 Å². The molecule has 0 aliphatic carbocycles. The summed E-state index contributed by atoms with van der Waals surface area (Å²) in [5.74, 6) is -0.807. The van der Waals surface area contributed by atoms with E-state index < -0.39 is 16.0 Å². The van der Waals surface area contributed by atoms with Crippen LogP contribution in [0.1, 0.15) is 28.7 Å². The predicted molar refractivity (Wildman–Crippen MR) is 99.1 cm³/mol. The second kappa shape index (κ2) is 8.31. The number of aryl methyl sites for hydroxylation is 2. The molecule has 27 heavy (non-hydrogen) atoms. The van der Waals surface area contributed by atoms with Crippen molar-refractivity contribution in [2.45, 2.75) is 25.7 Å². The fourth-order valence-corrected chi connectivity index (χ4v) is 4.08. The van der Waals surface area contributed by atoms with Crippen LogP contribution in [0.15, 0.2) is 29.2 Å². The van der Waals surface area contributed by atoms with Crippen molar-refractivity contribution in [3.05, 3.63) is 41.2 Å². The zero-order chi connectivity index (χ0) is 20.2. The number of amides is 1. The van der Waals surface area contributed by atoms with Crippen LogP contribution in [0.2, 0.25) is 0 Å². The maximum atomic E-state index is 12.5. The number of H-pyrrole nitrogens is 1. The molecule has 10 heteroatoms. The van der Waals surface area contributed by atoms with Gasteiger partial charge in [-0.2, -0.15) is 5.10 Å². The van der Waals surface area contributed by atoms with Gasteiger partial charge in [0.2, 0.25) is 15.9 Å². The lowest BCUT2D eigenvalue weighted by molar-refractivity contribution is -0.116. The predicted octanol–water partition coefficient (Wildman–Crippen LogP) is 1.14. The van der Waals surface area contributed by atoms with Crippen molar-refractivity contribution >= 4 is 27.6 Å². The van der Waals surface area contributed by atoms with Gasteiger partial charge in [0.15, 0.2) is 0 Å². The van der Waals surface area contributed by atoms with Crippen molar-refractivity contribution in [3.63, 3.8) is 0 Å². The van der Waals surface area contributed by atoms with Crippen molar-refractivity contribution in [3.8, 4) is 0 Å². The maximum absolute atomic E-state index is 12.5. The van der Waals surface area contributed by atoms with Crippen molar-refractivity contribution < 1.29 is 22.7 Å². The average Bonchev–Trinajstić information content (AvgIpc) is 2.97. The van der Waals surface area contributed by atoms with Crippen molar-refractivity contribution in [1.29, 1.82) is 0 Å². The van der Waals surface area contributed by atoms with E-state index in [1.54, 1.807) is 32.0 Å². The highest BCUT2D eigenvalue weighted by molar-refractivity contribution is 7.89. The Morgan fingerprint density at radius 1 is 1.30 bits per heavy atom. The van der Waals surface area contributed by atoms with Crippen LogP contribution in [-0.4, -0.2) is 50.7 Å². The van der Waals surface area contributed by atoms with E-state index in [4.69, 9.17) is 0 Å². The lowest BCUT2D eigenvalue weighted by Crippen LogP contribution is -2.37. The summed E-state index contributed by atoms with van der Waals surface area (Å²) in [5.41, 5.74) is 1.58. The van der Waals surface area contributed by atoms with E-state index in [0.717, 1.165) is 0 Å². The molecule has 0 unspecified atom stereocenters. The topological polar surface area (TPSA) is 121 Å². The Morgan fingerprint density at radius 3 is 2.56 bits per heavy atom. The number of ether oxygens (including phenoxy) is 1. The van der Waals surface area contributed by atoms with Crippen LogP contribution in [0, 0.1) is 13.8 Å². The summed E-state index contributed by atoms with van der Waals surface area (Å²) < 4.78 is 32.1. The number of rotatable bonds is 7. The maximum Gasteiger partial charge on any atom is 0.337 e. The molecule has 2 N–H and O–H groups in total. The molecule has 0 aliphatic rings. The molecular formula is C17H22N4O5S. The molecule has 1 aromatic carbocycles. The Hall–Kier alpha value is -2.72. The van der Waals surface area contributed by atoms with Gasteiger partial charge in [0, 0.05) is 25.7 Å². The van der Waals surface area contributed by atoms with Crippen LogP contribution in [-0.2, 0) is 19.6 Å². The molecule has 1 amide bonds. The number of sulfonamides is 1. The van der Waals surface area contributed by atoms with Crippen LogP contribution in [0.5, 0.6) is 0 Å². The molecule has 0 aliphatic heterocycles. The van der Waals surface area contributed by atoms with Crippen LogP contribution in [0.25, 0.3) is 0 Å². The van der Waals surface area contributed by atoms with E-state index in [0.29, 0.717) is 22.6 Å². The number of nitrogens with zero attached hydrogens (tertiary/aromatic N) is 2. The third kappa shape index (κ3) is 4.72. The molecule has 1 aromatic heterocycles. The first kappa shape index (κ1) is 20.6. The molecule has 0 atom stereocenters. The molecule has 0 saturated carbocycles. The van der Waals surface area contributed by atoms with Crippen molar-refractivity contribution in [1.82, 2.24) is 14.9 Å². The number of nitrogens with one attached hydrogen (secondary N) is 2. The minimum Gasteiger partial charge on any atom is -0.465 e. The Morgan fingerprint density at radius 2 is 2.00 bits per heavy atom. The van der Waals surface area contributed by atoms with E-state index in [9.17, 15) is 18.0 Å². The van der Waals surface area contributed by atoms with E-state index in [1.165, 1.54) is 25.0 Å². The van der Waals surface area contributed by atoms with Crippen molar-refractivity contribution in [2.75, 3.05) is 25.1 Å². The summed E-state index contributed by atoms with van der Waals surface area (Å²) in [5, 5.41) is 6.51. The molecule has 1 heterocycles. The first-order valence-corrected chi connectivity index (χ1v) is 9.63.